The molecule has 0 N–H and O–H groups in total. The summed E-state index contributed by atoms with van der Waals surface area (Å²) in [6.07, 6.45) is 13.6. The van der Waals surface area contributed by atoms with E-state index in [4.69, 9.17) is 0 Å². The molecule has 0 spiro atoms. The minimum absolute atomic E-state index is 0.203. The van der Waals surface area contributed by atoms with Gasteiger partial charge in [-0.2, -0.15) is 0 Å². The van der Waals surface area contributed by atoms with Gasteiger partial charge < -0.3 is 0 Å². The smallest absolute Gasteiger partial charge is 0.201 e. The van der Waals surface area contributed by atoms with Crippen LogP contribution in [0.4, 0.5) is 0 Å². The average Bonchev–Trinajstić information content (AvgIpc) is 3.49. The van der Waals surface area contributed by atoms with E-state index in [1.165, 1.54) is 153 Å². The highest BCUT2D eigenvalue weighted by molar-refractivity contribution is 5.65. The molecule has 4 heteroatoms. The standard InChI is InChI=1S/2C20H28N.2C19H26N/c1-14-11-19(21(7)13-16(14)3)18-9-8-17(10-15(18)2)12-20(4,5)6;1-7-17(8-2)18-9-10-19(15(4)11-18)20-12-14(3)16(5)13-21(20)6;1-13-11-18(20(7)12-15(13)3)17-9-8-16(10-14(17)2)19(4,5)6;1-7-13(2)17-8-9-18(15(4)10-17)19-11-14(3)16(5)12-20(19)6/h8-11,13H,12H2,1-7H3;9-13,17H,7-8H2,1-6H3;8-12H,1-7H3;8-13H,7H2,1-6H3/q4*+1. The third kappa shape index (κ3) is 17.0. The number of aryl methyl sites for hydroxylation is 16. The highest BCUT2D eigenvalue weighted by atomic mass is 14.9. The zero-order valence-corrected chi connectivity index (χ0v) is 56.3. The van der Waals surface area contributed by atoms with Crippen molar-refractivity contribution >= 4 is 0 Å². The van der Waals surface area contributed by atoms with Crippen LogP contribution >= 0.6 is 0 Å². The Morgan fingerprint density at radius 3 is 0.963 bits per heavy atom. The first kappa shape index (κ1) is 66.3. The lowest BCUT2D eigenvalue weighted by Crippen LogP contribution is -2.31. The molecule has 0 amide bonds. The summed E-state index contributed by atoms with van der Waals surface area (Å²) in [4.78, 5) is 0. The predicted octanol–water partition coefficient (Wildman–Crippen LogP) is 18.7. The lowest BCUT2D eigenvalue weighted by Gasteiger charge is -2.20. The van der Waals surface area contributed by atoms with Gasteiger partial charge in [0.15, 0.2) is 24.8 Å². The Labute approximate surface area is 500 Å². The second kappa shape index (κ2) is 28.2. The van der Waals surface area contributed by atoms with Gasteiger partial charge in [-0.25, -0.2) is 18.3 Å². The van der Waals surface area contributed by atoms with Crippen LogP contribution in [0.15, 0.2) is 122 Å². The first-order valence-electron chi connectivity index (χ1n) is 30.6. The van der Waals surface area contributed by atoms with Gasteiger partial charge in [0.25, 0.3) is 0 Å². The second-order valence-corrected chi connectivity index (χ2v) is 26.7. The number of pyridine rings is 4. The number of hydrogen-bond donors (Lipinski definition) is 0. The number of benzene rings is 4. The largest absolute Gasteiger partial charge is 0.212 e. The molecule has 0 saturated heterocycles. The van der Waals surface area contributed by atoms with Crippen LogP contribution in [0.2, 0.25) is 0 Å². The highest BCUT2D eigenvalue weighted by Crippen LogP contribution is 2.32. The number of hydrogen-bond acceptors (Lipinski definition) is 0. The summed E-state index contributed by atoms with van der Waals surface area (Å²) in [7, 11) is 8.52. The normalized spacial score (nSPS) is 11.8. The van der Waals surface area contributed by atoms with Crippen LogP contribution in [0.25, 0.3) is 45.0 Å². The van der Waals surface area contributed by atoms with Gasteiger partial charge in [-0.15, -0.1) is 0 Å². The van der Waals surface area contributed by atoms with Gasteiger partial charge in [0.2, 0.25) is 22.8 Å². The Hall–Kier alpha value is -6.52. The van der Waals surface area contributed by atoms with E-state index in [0.29, 0.717) is 17.3 Å². The van der Waals surface area contributed by atoms with Gasteiger partial charge in [0, 0.05) is 68.8 Å². The van der Waals surface area contributed by atoms with E-state index < -0.39 is 0 Å². The Bertz CT molecular complexity index is 3500. The van der Waals surface area contributed by atoms with Crippen molar-refractivity contribution in [1.29, 1.82) is 0 Å². The molecule has 0 aliphatic heterocycles. The second-order valence-electron chi connectivity index (χ2n) is 26.7. The zero-order chi connectivity index (χ0) is 61.3. The molecule has 436 valence electrons. The van der Waals surface area contributed by atoms with Crippen molar-refractivity contribution in [2.45, 2.75) is 195 Å². The van der Waals surface area contributed by atoms with Crippen molar-refractivity contribution in [1.82, 2.24) is 0 Å². The molecule has 0 aliphatic rings. The quantitative estimate of drug-likeness (QED) is 0.121. The fourth-order valence-electron chi connectivity index (χ4n) is 11.3. The molecule has 0 fully saturated rings. The van der Waals surface area contributed by atoms with Crippen LogP contribution in [0.3, 0.4) is 0 Å². The third-order valence-corrected chi connectivity index (χ3v) is 17.3. The van der Waals surface area contributed by atoms with Gasteiger partial charge in [-0.05, 0) is 222 Å². The fraction of sp³-hybridized carbons (Fsp3) is 0.436. The van der Waals surface area contributed by atoms with Crippen molar-refractivity contribution in [2.24, 2.45) is 33.6 Å². The van der Waals surface area contributed by atoms with Gasteiger partial charge in [0.1, 0.15) is 28.2 Å². The first-order chi connectivity index (χ1) is 38.3. The number of rotatable bonds is 10. The van der Waals surface area contributed by atoms with Crippen LogP contribution < -0.4 is 18.3 Å². The van der Waals surface area contributed by atoms with Gasteiger partial charge in [-0.3, -0.25) is 0 Å². The predicted molar refractivity (Wildman–Crippen MR) is 353 cm³/mol. The number of aromatic nitrogens is 4. The topological polar surface area (TPSA) is 15.5 Å². The van der Waals surface area contributed by atoms with Gasteiger partial charge >= 0.3 is 0 Å². The van der Waals surface area contributed by atoms with Gasteiger partial charge in [0.05, 0.1) is 0 Å². The van der Waals surface area contributed by atoms with Gasteiger partial charge in [-0.1, -0.05) is 118 Å². The van der Waals surface area contributed by atoms with Crippen LogP contribution in [-0.4, -0.2) is 0 Å². The van der Waals surface area contributed by atoms with E-state index in [-0.39, 0.29) is 5.41 Å². The molecule has 8 aromatic rings. The summed E-state index contributed by atoms with van der Waals surface area (Å²) >= 11 is 0. The molecule has 8 rings (SSSR count). The average molecular weight is 1100 g/mol. The first-order valence-corrected chi connectivity index (χ1v) is 30.6. The summed E-state index contributed by atoms with van der Waals surface area (Å²) in [6.45, 7) is 49.0. The van der Waals surface area contributed by atoms with Crippen molar-refractivity contribution in [3.8, 4) is 45.0 Å². The SMILES string of the molecule is CCC(C)c1ccc(-c2cc(C)c(C)c[n+]2C)c(C)c1.CCC(CC)c1ccc(-c2cc(C)c(C)c[n+]2C)c(C)c1.Cc1cc(-c2ccc(C(C)(C)C)cc2C)[n+](C)cc1C.Cc1cc(-c2ccc(CC(C)(C)C)cc2C)[n+](C)cc1C. The lowest BCUT2D eigenvalue weighted by atomic mass is 9.85. The van der Waals surface area contributed by atoms with E-state index in [2.05, 4.69) is 321 Å². The summed E-state index contributed by atoms with van der Waals surface area (Å²) < 4.78 is 8.92. The molecular weight excluding hydrogens is 993 g/mol. The highest BCUT2D eigenvalue weighted by Gasteiger charge is 2.22. The van der Waals surface area contributed by atoms with E-state index in [9.17, 15) is 0 Å². The Kier molecular flexibility index (Phi) is 22.8. The van der Waals surface area contributed by atoms with Crippen molar-refractivity contribution < 1.29 is 18.3 Å². The van der Waals surface area contributed by atoms with Crippen LogP contribution in [-0.2, 0) is 40.0 Å². The Morgan fingerprint density at radius 1 is 0.341 bits per heavy atom. The molecule has 0 radical (unpaired) electrons. The maximum atomic E-state index is 2.38. The summed E-state index contributed by atoms with van der Waals surface area (Å²) in [5, 5.41) is 0. The molecule has 0 saturated carbocycles. The molecular formula is C78H108N4+4. The molecule has 4 aromatic heterocycles. The van der Waals surface area contributed by atoms with E-state index >= 15 is 0 Å². The lowest BCUT2D eigenvalue weighted by molar-refractivity contribution is -0.660. The summed E-state index contributed by atoms with van der Waals surface area (Å²) in [5.41, 5.74) is 33.0. The van der Waals surface area contributed by atoms with E-state index in [1.807, 2.05) is 0 Å². The fourth-order valence-corrected chi connectivity index (χ4v) is 11.3. The molecule has 1 atom stereocenters. The molecule has 0 aliphatic carbocycles. The van der Waals surface area contributed by atoms with Crippen LogP contribution in [0.1, 0.15) is 189 Å². The van der Waals surface area contributed by atoms with Crippen LogP contribution in [0, 0.1) is 88.5 Å². The van der Waals surface area contributed by atoms with Crippen molar-refractivity contribution in [3.05, 3.63) is 211 Å². The zero-order valence-electron chi connectivity index (χ0n) is 56.3. The minimum Gasteiger partial charge on any atom is -0.201 e. The summed E-state index contributed by atoms with van der Waals surface area (Å²) in [5.74, 6) is 1.32. The maximum absolute atomic E-state index is 2.38. The van der Waals surface area contributed by atoms with Crippen molar-refractivity contribution in [2.75, 3.05) is 0 Å². The Balaban J connectivity index is 0.000000200. The molecule has 4 nitrogen and oxygen atoms in total. The number of nitrogens with zero attached hydrogens (tertiary/aromatic N) is 4. The third-order valence-electron chi connectivity index (χ3n) is 17.3. The summed E-state index contributed by atoms with van der Waals surface area (Å²) in [6, 6.07) is 36.8. The van der Waals surface area contributed by atoms with E-state index in [1.54, 1.807) is 0 Å². The molecule has 4 aromatic carbocycles. The van der Waals surface area contributed by atoms with Crippen LogP contribution in [0.5, 0.6) is 0 Å². The molecule has 0 bridgehead atoms. The maximum Gasteiger partial charge on any atom is 0.212 e. The molecule has 4 heterocycles. The molecule has 1 unspecified atom stereocenters. The van der Waals surface area contributed by atoms with Crippen molar-refractivity contribution in [3.63, 3.8) is 0 Å². The Morgan fingerprint density at radius 2 is 0.659 bits per heavy atom. The molecule has 82 heavy (non-hydrogen) atoms. The van der Waals surface area contributed by atoms with E-state index in [0.717, 1.165) is 6.42 Å². The minimum atomic E-state index is 0.203. The monoisotopic (exact) mass is 1100 g/mol.